The molecule has 1 aromatic carbocycles. The number of benzene rings is 1. The molecule has 0 fully saturated rings. The van der Waals surface area contributed by atoms with Gasteiger partial charge in [0.15, 0.2) is 0 Å². The molecular formula is C7H7N4NaO3S2. The quantitative estimate of drug-likeness (QED) is 0.338. The number of hydrogen-bond acceptors (Lipinski definition) is 6. The number of aromatic amines is 2. The zero-order chi connectivity index (χ0) is 12.0. The van der Waals surface area contributed by atoms with Crippen molar-refractivity contribution < 1.29 is 42.5 Å². The molecular weight excluding hydrogens is 275 g/mol. The molecule has 7 nitrogen and oxygen atoms in total. The van der Waals surface area contributed by atoms with Gasteiger partial charge in [-0.15, -0.1) is 0 Å². The Bertz CT molecular complexity index is 564. The van der Waals surface area contributed by atoms with Crippen LogP contribution in [0.1, 0.15) is 0 Å². The summed E-state index contributed by atoms with van der Waals surface area (Å²) in [5.41, 5.74) is 0. The minimum Gasteiger partial charge on any atom is -0.744 e. The fraction of sp³-hybridized carbons (Fsp3) is 0. The molecule has 0 aliphatic carbocycles. The second-order valence-corrected chi connectivity index (χ2v) is 4.28. The van der Waals surface area contributed by atoms with Gasteiger partial charge >= 0.3 is 29.6 Å². The second-order valence-electron chi connectivity index (χ2n) is 2.51. The smallest absolute Gasteiger partial charge is 0.744 e. The molecule has 86 valence electrons. The molecule has 0 spiro atoms. The standard InChI is InChI=1S/C6H6O3S.CH2N4S.Na/c7-10(8,9)6-4-2-1-3-5-6;6-1-2-4-5-3-1;/h1-5H,(H,7,8,9);(H2,2,3,4,5,6);/q;;+1/p-1. The van der Waals surface area contributed by atoms with Crippen LogP contribution in [0.5, 0.6) is 0 Å². The zero-order valence-electron chi connectivity index (χ0n) is 8.82. The van der Waals surface area contributed by atoms with Crippen LogP contribution in [-0.2, 0) is 10.1 Å². The van der Waals surface area contributed by atoms with Gasteiger partial charge in [-0.2, -0.15) is 5.21 Å². The summed E-state index contributed by atoms with van der Waals surface area (Å²) in [5, 5.41) is 11.5. The molecule has 0 aliphatic rings. The molecule has 0 amide bonds. The molecule has 17 heavy (non-hydrogen) atoms. The summed E-state index contributed by atoms with van der Waals surface area (Å²) in [6.07, 6.45) is 0. The van der Waals surface area contributed by atoms with Crippen LogP contribution in [0.25, 0.3) is 0 Å². The fourth-order valence-electron chi connectivity index (χ4n) is 0.755. The average molecular weight is 282 g/mol. The van der Waals surface area contributed by atoms with E-state index in [4.69, 9.17) is 0 Å². The largest absolute Gasteiger partial charge is 1.00 e. The third-order valence-electron chi connectivity index (χ3n) is 1.39. The number of nitrogens with one attached hydrogen (secondary N) is 2. The van der Waals surface area contributed by atoms with Gasteiger partial charge in [-0.05, 0) is 24.4 Å². The van der Waals surface area contributed by atoms with Crippen molar-refractivity contribution in [1.82, 2.24) is 20.6 Å². The van der Waals surface area contributed by atoms with E-state index >= 15 is 0 Å². The molecule has 2 aromatic rings. The van der Waals surface area contributed by atoms with Crippen LogP contribution in [0.3, 0.4) is 0 Å². The molecule has 1 aromatic heterocycles. The Balaban J connectivity index is 0.000000316. The first kappa shape index (κ1) is 16.4. The van der Waals surface area contributed by atoms with E-state index in [1.165, 1.54) is 24.3 Å². The summed E-state index contributed by atoms with van der Waals surface area (Å²) >= 11 is 4.48. The van der Waals surface area contributed by atoms with Gasteiger partial charge in [0.25, 0.3) is 0 Å². The van der Waals surface area contributed by atoms with Gasteiger partial charge in [-0.3, -0.25) is 5.10 Å². The van der Waals surface area contributed by atoms with E-state index in [-0.39, 0.29) is 34.5 Å². The van der Waals surface area contributed by atoms with Crippen molar-refractivity contribution in [1.29, 1.82) is 0 Å². The van der Waals surface area contributed by atoms with E-state index in [1.54, 1.807) is 6.07 Å². The Morgan fingerprint density at radius 3 is 2.06 bits per heavy atom. The van der Waals surface area contributed by atoms with Crippen molar-refractivity contribution in [3.05, 3.63) is 35.1 Å². The number of aromatic nitrogens is 4. The van der Waals surface area contributed by atoms with Crippen LogP contribution in [0.15, 0.2) is 35.2 Å². The SMILES string of the molecule is O=S(=O)([O-])c1ccccc1.S=c1nn[nH][nH]1.[Na+]. The van der Waals surface area contributed by atoms with Crippen LogP contribution >= 0.6 is 12.2 Å². The van der Waals surface area contributed by atoms with Crippen molar-refractivity contribution in [2.24, 2.45) is 0 Å². The first-order valence-electron chi connectivity index (χ1n) is 3.97. The minimum absolute atomic E-state index is 0. The summed E-state index contributed by atoms with van der Waals surface area (Å²) in [5.74, 6) is 0. The number of tetrazole rings is 1. The maximum atomic E-state index is 10.3. The molecule has 0 atom stereocenters. The fourth-order valence-corrected chi connectivity index (χ4v) is 1.33. The third kappa shape index (κ3) is 6.66. The summed E-state index contributed by atoms with van der Waals surface area (Å²) < 4.78 is 31.2. The van der Waals surface area contributed by atoms with Crippen molar-refractivity contribution >= 4 is 22.3 Å². The number of rotatable bonds is 1. The Morgan fingerprint density at radius 2 is 1.82 bits per heavy atom. The van der Waals surface area contributed by atoms with Crippen LogP contribution in [0, 0.1) is 4.77 Å². The second kappa shape index (κ2) is 7.69. The monoisotopic (exact) mass is 282 g/mol. The van der Waals surface area contributed by atoms with Gasteiger partial charge in [0.1, 0.15) is 10.1 Å². The Labute approximate surface area is 125 Å². The predicted octanol–water partition coefficient (Wildman–Crippen LogP) is -2.54. The molecule has 0 aliphatic heterocycles. The molecule has 1 heterocycles. The van der Waals surface area contributed by atoms with Crippen molar-refractivity contribution in [2.45, 2.75) is 4.90 Å². The molecule has 2 N–H and O–H groups in total. The van der Waals surface area contributed by atoms with Gasteiger partial charge in [-0.1, -0.05) is 28.5 Å². The maximum Gasteiger partial charge on any atom is 1.00 e. The molecule has 0 bridgehead atoms. The number of hydrogen-bond donors (Lipinski definition) is 2. The normalized spacial score (nSPS) is 9.71. The first-order chi connectivity index (χ1) is 7.50. The van der Waals surface area contributed by atoms with Crippen molar-refractivity contribution in [3.8, 4) is 0 Å². The van der Waals surface area contributed by atoms with Crippen LogP contribution in [-0.4, -0.2) is 33.6 Å². The van der Waals surface area contributed by atoms with E-state index in [1.807, 2.05) is 0 Å². The summed E-state index contributed by atoms with van der Waals surface area (Å²) in [4.78, 5) is -0.185. The third-order valence-corrected chi connectivity index (χ3v) is 2.42. The predicted molar refractivity (Wildman–Crippen MR) is 56.0 cm³/mol. The Kier molecular flexibility index (Phi) is 7.43. The van der Waals surface area contributed by atoms with Crippen LogP contribution < -0.4 is 29.6 Å². The summed E-state index contributed by atoms with van der Waals surface area (Å²) in [6, 6.07) is 7.19. The van der Waals surface area contributed by atoms with E-state index in [9.17, 15) is 13.0 Å². The van der Waals surface area contributed by atoms with Gasteiger partial charge in [0, 0.05) is 0 Å². The maximum absolute atomic E-state index is 10.3. The van der Waals surface area contributed by atoms with Crippen molar-refractivity contribution in [3.63, 3.8) is 0 Å². The van der Waals surface area contributed by atoms with Gasteiger partial charge in [-0.25, -0.2) is 8.42 Å². The number of H-pyrrole nitrogens is 2. The molecule has 0 unspecified atom stereocenters. The van der Waals surface area contributed by atoms with Gasteiger partial charge in [0.2, 0.25) is 4.77 Å². The van der Waals surface area contributed by atoms with E-state index in [0.717, 1.165) is 0 Å². The Hall–Kier alpha value is -0.580. The van der Waals surface area contributed by atoms with E-state index in [0.29, 0.717) is 4.77 Å². The zero-order valence-corrected chi connectivity index (χ0v) is 12.5. The van der Waals surface area contributed by atoms with Crippen molar-refractivity contribution in [2.75, 3.05) is 0 Å². The molecule has 2 rings (SSSR count). The molecule has 0 saturated carbocycles. The van der Waals surface area contributed by atoms with E-state index in [2.05, 4.69) is 32.8 Å². The van der Waals surface area contributed by atoms with Gasteiger partial charge < -0.3 is 4.55 Å². The topological polar surface area (TPSA) is 115 Å². The average Bonchev–Trinajstić information content (AvgIpc) is 2.70. The molecule has 0 radical (unpaired) electrons. The summed E-state index contributed by atoms with van der Waals surface area (Å²) in [7, 11) is -4.25. The Morgan fingerprint density at radius 1 is 1.24 bits per heavy atom. The van der Waals surface area contributed by atoms with Gasteiger partial charge in [0.05, 0.1) is 4.90 Å². The number of nitrogens with zero attached hydrogens (tertiary/aromatic N) is 2. The van der Waals surface area contributed by atoms with Crippen LogP contribution in [0.2, 0.25) is 0 Å². The first-order valence-corrected chi connectivity index (χ1v) is 5.78. The van der Waals surface area contributed by atoms with E-state index < -0.39 is 10.1 Å². The van der Waals surface area contributed by atoms with Crippen LogP contribution in [0.4, 0.5) is 0 Å². The summed E-state index contributed by atoms with van der Waals surface area (Å²) in [6.45, 7) is 0. The molecule has 10 heteroatoms. The molecule has 0 saturated heterocycles. The minimum atomic E-state index is -4.25.